The maximum Gasteiger partial charge on any atom is 0.257 e. The van der Waals surface area contributed by atoms with Crippen LogP contribution >= 0.6 is 11.8 Å². The number of nitrogens with one attached hydrogen (secondary N) is 1. The second kappa shape index (κ2) is 6.06. The molecule has 0 spiro atoms. The number of hydrogen-bond acceptors (Lipinski definition) is 8. The largest absolute Gasteiger partial charge is 0.387 e. The third kappa shape index (κ3) is 3.81. The SMILES string of the molecule is CSCC(C)(O)CNc1nc(N)nc(-n2cccn2)n1. The molecule has 0 radical (unpaired) electrons. The van der Waals surface area contributed by atoms with Gasteiger partial charge in [-0.3, -0.25) is 0 Å². The normalized spacial score (nSPS) is 13.9. The summed E-state index contributed by atoms with van der Waals surface area (Å²) in [5, 5.41) is 17.1. The van der Waals surface area contributed by atoms with Crippen LogP contribution in [0.3, 0.4) is 0 Å². The average Bonchev–Trinajstić information content (AvgIpc) is 2.90. The number of rotatable bonds is 6. The van der Waals surface area contributed by atoms with Crippen LogP contribution in [-0.4, -0.2) is 54.0 Å². The van der Waals surface area contributed by atoms with Gasteiger partial charge >= 0.3 is 0 Å². The van der Waals surface area contributed by atoms with E-state index >= 15 is 0 Å². The lowest BCUT2D eigenvalue weighted by Crippen LogP contribution is -2.36. The summed E-state index contributed by atoms with van der Waals surface area (Å²) in [6, 6.07) is 1.76. The highest BCUT2D eigenvalue weighted by Crippen LogP contribution is 2.12. The third-order valence-corrected chi connectivity index (χ3v) is 3.34. The molecule has 0 aliphatic heterocycles. The number of nitrogen functional groups attached to an aromatic ring is 1. The Labute approximate surface area is 120 Å². The lowest BCUT2D eigenvalue weighted by Gasteiger charge is -2.22. The van der Waals surface area contributed by atoms with E-state index in [1.165, 1.54) is 4.68 Å². The zero-order valence-electron chi connectivity index (χ0n) is 11.3. The fraction of sp³-hybridized carbons (Fsp3) is 0.455. The van der Waals surface area contributed by atoms with E-state index in [0.717, 1.165) is 0 Å². The molecule has 20 heavy (non-hydrogen) atoms. The molecule has 2 heterocycles. The summed E-state index contributed by atoms with van der Waals surface area (Å²) in [6.45, 7) is 2.06. The number of aromatic nitrogens is 5. The highest BCUT2D eigenvalue weighted by molar-refractivity contribution is 7.98. The van der Waals surface area contributed by atoms with Gasteiger partial charge in [-0.25, -0.2) is 4.68 Å². The smallest absolute Gasteiger partial charge is 0.257 e. The van der Waals surface area contributed by atoms with Crippen LogP contribution in [0.1, 0.15) is 6.92 Å². The van der Waals surface area contributed by atoms with Crippen molar-refractivity contribution < 1.29 is 5.11 Å². The second-order valence-electron chi connectivity index (χ2n) is 4.55. The minimum Gasteiger partial charge on any atom is -0.387 e. The molecule has 2 rings (SSSR count). The van der Waals surface area contributed by atoms with Crippen molar-refractivity contribution in [1.82, 2.24) is 24.7 Å². The summed E-state index contributed by atoms with van der Waals surface area (Å²) in [5.41, 5.74) is 4.80. The van der Waals surface area contributed by atoms with Crippen molar-refractivity contribution in [3.63, 3.8) is 0 Å². The minimum absolute atomic E-state index is 0.0949. The van der Waals surface area contributed by atoms with Crippen LogP contribution < -0.4 is 11.1 Å². The van der Waals surface area contributed by atoms with Gasteiger partial charge in [0, 0.05) is 24.7 Å². The molecule has 0 bridgehead atoms. The van der Waals surface area contributed by atoms with Gasteiger partial charge in [0.25, 0.3) is 5.95 Å². The highest BCUT2D eigenvalue weighted by Gasteiger charge is 2.20. The van der Waals surface area contributed by atoms with E-state index in [9.17, 15) is 5.11 Å². The van der Waals surface area contributed by atoms with Crippen LogP contribution in [-0.2, 0) is 0 Å². The van der Waals surface area contributed by atoms with Crippen LogP contribution in [0.2, 0.25) is 0 Å². The molecule has 0 saturated heterocycles. The molecular weight excluding hydrogens is 278 g/mol. The van der Waals surface area contributed by atoms with Crippen molar-refractivity contribution in [1.29, 1.82) is 0 Å². The van der Waals surface area contributed by atoms with Gasteiger partial charge in [0.15, 0.2) is 0 Å². The molecule has 0 aliphatic carbocycles. The zero-order valence-corrected chi connectivity index (χ0v) is 12.1. The molecular formula is C11H17N7OS. The Hall–Kier alpha value is -1.87. The van der Waals surface area contributed by atoms with Crippen molar-refractivity contribution in [3.8, 4) is 5.95 Å². The van der Waals surface area contributed by atoms with Gasteiger partial charge in [-0.15, -0.1) is 0 Å². The second-order valence-corrected chi connectivity index (χ2v) is 5.42. The van der Waals surface area contributed by atoms with E-state index in [1.807, 2.05) is 6.26 Å². The van der Waals surface area contributed by atoms with Gasteiger partial charge in [0.1, 0.15) is 0 Å². The first kappa shape index (κ1) is 14.5. The van der Waals surface area contributed by atoms with Gasteiger partial charge in [-0.05, 0) is 19.2 Å². The van der Waals surface area contributed by atoms with Crippen molar-refractivity contribution in [2.75, 3.05) is 29.6 Å². The molecule has 1 unspecified atom stereocenters. The number of nitrogens with two attached hydrogens (primary N) is 1. The van der Waals surface area contributed by atoms with Gasteiger partial charge in [0.05, 0.1) is 5.60 Å². The summed E-state index contributed by atoms with van der Waals surface area (Å²) in [4.78, 5) is 12.2. The van der Waals surface area contributed by atoms with E-state index in [0.29, 0.717) is 24.2 Å². The van der Waals surface area contributed by atoms with E-state index in [-0.39, 0.29) is 5.95 Å². The Morgan fingerprint density at radius 3 is 2.90 bits per heavy atom. The fourth-order valence-corrected chi connectivity index (χ4v) is 2.30. The predicted molar refractivity (Wildman–Crippen MR) is 78.9 cm³/mol. The summed E-state index contributed by atoms with van der Waals surface area (Å²) >= 11 is 1.57. The highest BCUT2D eigenvalue weighted by atomic mass is 32.2. The van der Waals surface area contributed by atoms with Crippen molar-refractivity contribution in [3.05, 3.63) is 18.5 Å². The molecule has 0 amide bonds. The molecule has 0 aliphatic rings. The summed E-state index contributed by atoms with van der Waals surface area (Å²) < 4.78 is 1.49. The first-order valence-corrected chi connectivity index (χ1v) is 7.36. The Morgan fingerprint density at radius 2 is 2.25 bits per heavy atom. The van der Waals surface area contributed by atoms with Crippen LogP contribution in [0.25, 0.3) is 5.95 Å². The quantitative estimate of drug-likeness (QED) is 0.690. The Bertz CT molecular complexity index is 558. The Morgan fingerprint density at radius 1 is 1.45 bits per heavy atom. The Balaban J connectivity index is 2.13. The van der Waals surface area contributed by atoms with E-state index in [2.05, 4.69) is 25.4 Å². The monoisotopic (exact) mass is 295 g/mol. The van der Waals surface area contributed by atoms with Crippen molar-refractivity contribution in [2.45, 2.75) is 12.5 Å². The first-order chi connectivity index (χ1) is 9.50. The predicted octanol–water partition coefficient (Wildman–Crippen LogP) is 0.165. The molecule has 2 aromatic heterocycles. The number of nitrogens with zero attached hydrogens (tertiary/aromatic N) is 5. The molecule has 0 aromatic carbocycles. The molecule has 8 nitrogen and oxygen atoms in total. The van der Waals surface area contributed by atoms with Gasteiger partial charge in [-0.2, -0.15) is 31.8 Å². The van der Waals surface area contributed by atoms with Gasteiger partial charge in [0.2, 0.25) is 11.9 Å². The van der Waals surface area contributed by atoms with E-state index < -0.39 is 5.60 Å². The van der Waals surface area contributed by atoms with Crippen molar-refractivity contribution in [2.24, 2.45) is 0 Å². The summed E-state index contributed by atoms with van der Waals surface area (Å²) in [5.74, 6) is 1.34. The van der Waals surface area contributed by atoms with Crippen LogP contribution in [0.5, 0.6) is 0 Å². The molecule has 0 fully saturated rings. The molecule has 2 aromatic rings. The van der Waals surface area contributed by atoms with Gasteiger partial charge < -0.3 is 16.2 Å². The van der Waals surface area contributed by atoms with Crippen LogP contribution in [0.4, 0.5) is 11.9 Å². The Kier molecular flexibility index (Phi) is 4.40. The fourth-order valence-electron chi connectivity index (χ4n) is 1.58. The van der Waals surface area contributed by atoms with Crippen LogP contribution in [0.15, 0.2) is 18.5 Å². The van der Waals surface area contributed by atoms with Crippen molar-refractivity contribution >= 4 is 23.7 Å². The topological polar surface area (TPSA) is 115 Å². The maximum atomic E-state index is 10.1. The molecule has 0 saturated carbocycles. The summed E-state index contributed by atoms with van der Waals surface area (Å²) in [6.07, 6.45) is 5.27. The lowest BCUT2D eigenvalue weighted by molar-refractivity contribution is 0.0995. The molecule has 9 heteroatoms. The maximum absolute atomic E-state index is 10.1. The number of hydrogen-bond donors (Lipinski definition) is 3. The molecule has 4 N–H and O–H groups in total. The average molecular weight is 295 g/mol. The van der Waals surface area contributed by atoms with E-state index in [4.69, 9.17) is 5.73 Å². The molecule has 108 valence electrons. The zero-order chi connectivity index (χ0) is 14.6. The number of anilines is 2. The summed E-state index contributed by atoms with van der Waals surface area (Å²) in [7, 11) is 0. The van der Waals surface area contributed by atoms with Crippen LogP contribution in [0, 0.1) is 0 Å². The number of thioether (sulfide) groups is 1. The third-order valence-electron chi connectivity index (χ3n) is 2.43. The van der Waals surface area contributed by atoms with E-state index in [1.54, 1.807) is 37.1 Å². The first-order valence-electron chi connectivity index (χ1n) is 5.97. The molecule has 1 atom stereocenters. The lowest BCUT2D eigenvalue weighted by atomic mass is 10.1. The standard InChI is InChI=1S/C11H17N7OS/c1-11(19,7-20-2)6-13-9-15-8(12)16-10(17-9)18-5-3-4-14-18/h3-5,19H,6-7H2,1-2H3,(H3,12,13,15,16,17). The van der Waals surface area contributed by atoms with Gasteiger partial charge in [-0.1, -0.05) is 0 Å². The minimum atomic E-state index is -0.854. The number of aliphatic hydroxyl groups is 1.